The molecule has 1 rings (SSSR count). The topological polar surface area (TPSA) is 55.6 Å². The number of nitrogens with zero attached hydrogens (tertiary/aromatic N) is 1. The third kappa shape index (κ3) is 2.19. The summed E-state index contributed by atoms with van der Waals surface area (Å²) >= 11 is 0. The average Bonchev–Trinajstić information content (AvgIpc) is 2.55. The molecule has 0 saturated carbocycles. The number of carbonyl (C=O) groups is 1. The maximum Gasteiger partial charge on any atom is 0.248 e. The minimum Gasteiger partial charge on any atom is -0.330 e. The summed E-state index contributed by atoms with van der Waals surface area (Å²) in [7, 11) is 0. The van der Waals surface area contributed by atoms with E-state index in [2.05, 4.69) is 0 Å². The zero-order valence-corrected chi connectivity index (χ0v) is 7.45. The Labute approximate surface area is 72.6 Å². The molecule has 1 unspecified atom stereocenters. The quantitative estimate of drug-likeness (QED) is 0.658. The lowest BCUT2D eigenvalue weighted by atomic mass is 10.1. The van der Waals surface area contributed by atoms with Crippen LogP contribution in [0.1, 0.15) is 19.8 Å². The van der Waals surface area contributed by atoms with E-state index in [1.807, 2.05) is 6.92 Å². The molecule has 1 fully saturated rings. The second-order valence-corrected chi connectivity index (χ2v) is 3.11. The van der Waals surface area contributed by atoms with Crippen molar-refractivity contribution < 1.29 is 9.63 Å². The van der Waals surface area contributed by atoms with Gasteiger partial charge in [-0.3, -0.25) is 9.63 Å². The summed E-state index contributed by atoms with van der Waals surface area (Å²) in [6, 6.07) is 0. The molecule has 0 aromatic rings. The highest BCUT2D eigenvalue weighted by molar-refractivity contribution is 5.77. The highest BCUT2D eigenvalue weighted by Crippen LogP contribution is 2.11. The van der Waals surface area contributed by atoms with Gasteiger partial charge >= 0.3 is 0 Å². The fraction of sp³-hybridized carbons (Fsp3) is 0.875. The molecule has 0 bridgehead atoms. The molecule has 0 radical (unpaired) electrons. The van der Waals surface area contributed by atoms with Gasteiger partial charge in [0.05, 0.1) is 13.2 Å². The van der Waals surface area contributed by atoms with Gasteiger partial charge in [-0.15, -0.1) is 0 Å². The maximum absolute atomic E-state index is 11.5. The highest BCUT2D eigenvalue weighted by atomic mass is 16.7. The summed E-state index contributed by atoms with van der Waals surface area (Å²) in [6.45, 7) is 3.84. The summed E-state index contributed by atoms with van der Waals surface area (Å²) in [4.78, 5) is 16.6. The average molecular weight is 172 g/mol. The van der Waals surface area contributed by atoms with Gasteiger partial charge in [-0.2, -0.15) is 0 Å². The van der Waals surface area contributed by atoms with Crippen LogP contribution in [0.4, 0.5) is 0 Å². The second-order valence-electron chi connectivity index (χ2n) is 3.11. The molecule has 2 N–H and O–H groups in total. The molecular weight excluding hydrogens is 156 g/mol. The molecule has 1 amide bonds. The first-order valence-corrected chi connectivity index (χ1v) is 4.40. The van der Waals surface area contributed by atoms with Crippen LogP contribution in [0.5, 0.6) is 0 Å². The molecule has 70 valence electrons. The predicted molar refractivity (Wildman–Crippen MR) is 45.1 cm³/mol. The van der Waals surface area contributed by atoms with Crippen molar-refractivity contribution in [3.63, 3.8) is 0 Å². The Bertz CT molecular complexity index is 155. The minimum absolute atomic E-state index is 0.00639. The Kier molecular flexibility index (Phi) is 3.49. The van der Waals surface area contributed by atoms with Gasteiger partial charge in [0.15, 0.2) is 0 Å². The van der Waals surface area contributed by atoms with Crippen molar-refractivity contribution in [1.29, 1.82) is 0 Å². The maximum atomic E-state index is 11.5. The van der Waals surface area contributed by atoms with Crippen molar-refractivity contribution in [3.8, 4) is 0 Å². The number of rotatable bonds is 3. The van der Waals surface area contributed by atoms with Gasteiger partial charge in [0.25, 0.3) is 0 Å². The van der Waals surface area contributed by atoms with Crippen molar-refractivity contribution in [2.24, 2.45) is 11.7 Å². The van der Waals surface area contributed by atoms with Crippen molar-refractivity contribution in [3.05, 3.63) is 0 Å². The molecule has 4 heteroatoms. The highest BCUT2D eigenvalue weighted by Gasteiger charge is 2.23. The number of hydrogen-bond donors (Lipinski definition) is 1. The van der Waals surface area contributed by atoms with E-state index in [9.17, 15) is 4.79 Å². The van der Waals surface area contributed by atoms with Crippen LogP contribution in [0.3, 0.4) is 0 Å². The molecule has 0 spiro atoms. The molecule has 1 saturated heterocycles. The fourth-order valence-corrected chi connectivity index (χ4v) is 1.24. The Morgan fingerprint density at radius 3 is 3.00 bits per heavy atom. The summed E-state index contributed by atoms with van der Waals surface area (Å²) in [6.07, 6.45) is 1.68. The van der Waals surface area contributed by atoms with Gasteiger partial charge in [0.1, 0.15) is 0 Å². The number of hydroxylamine groups is 2. The van der Waals surface area contributed by atoms with E-state index in [1.165, 1.54) is 5.06 Å². The Morgan fingerprint density at radius 1 is 1.75 bits per heavy atom. The lowest BCUT2D eigenvalue weighted by Crippen LogP contribution is -2.32. The Morgan fingerprint density at radius 2 is 2.50 bits per heavy atom. The van der Waals surface area contributed by atoms with E-state index in [-0.39, 0.29) is 11.8 Å². The molecule has 0 aliphatic carbocycles. The summed E-state index contributed by atoms with van der Waals surface area (Å²) in [5, 5.41) is 1.46. The zero-order valence-electron chi connectivity index (χ0n) is 7.45. The van der Waals surface area contributed by atoms with Crippen molar-refractivity contribution in [1.82, 2.24) is 5.06 Å². The molecule has 1 aliphatic heterocycles. The zero-order chi connectivity index (χ0) is 8.97. The number of carbonyl (C=O) groups excluding carboxylic acids is 1. The first kappa shape index (κ1) is 9.48. The van der Waals surface area contributed by atoms with Crippen LogP contribution in [-0.4, -0.2) is 30.7 Å². The van der Waals surface area contributed by atoms with E-state index < -0.39 is 0 Å². The fourth-order valence-electron chi connectivity index (χ4n) is 1.24. The van der Waals surface area contributed by atoms with Gasteiger partial charge in [-0.1, -0.05) is 6.92 Å². The number of amides is 1. The lowest BCUT2D eigenvalue weighted by Gasteiger charge is -2.17. The van der Waals surface area contributed by atoms with E-state index in [4.69, 9.17) is 10.6 Å². The molecule has 12 heavy (non-hydrogen) atoms. The molecular formula is C8H16N2O2. The minimum atomic E-state index is -0.00639. The van der Waals surface area contributed by atoms with Crippen LogP contribution in [0, 0.1) is 5.92 Å². The standard InChI is InChI=1S/C8H16N2O2/c1-7(3-4-9)8(11)10-5-2-6-12-10/h7H,2-6,9H2,1H3. The second kappa shape index (κ2) is 4.42. The van der Waals surface area contributed by atoms with Crippen LogP contribution in [0.15, 0.2) is 0 Å². The van der Waals surface area contributed by atoms with Crippen molar-refractivity contribution in [2.45, 2.75) is 19.8 Å². The van der Waals surface area contributed by atoms with Gasteiger partial charge in [-0.05, 0) is 19.4 Å². The molecule has 4 nitrogen and oxygen atoms in total. The van der Waals surface area contributed by atoms with E-state index in [0.29, 0.717) is 13.2 Å². The lowest BCUT2D eigenvalue weighted by molar-refractivity contribution is -0.173. The summed E-state index contributed by atoms with van der Waals surface area (Å²) in [5.41, 5.74) is 5.35. The Hall–Kier alpha value is -0.610. The van der Waals surface area contributed by atoms with Crippen LogP contribution in [0.25, 0.3) is 0 Å². The van der Waals surface area contributed by atoms with Gasteiger partial charge < -0.3 is 5.73 Å². The van der Waals surface area contributed by atoms with E-state index >= 15 is 0 Å². The molecule has 1 aliphatic rings. The molecule has 0 aromatic heterocycles. The summed E-state index contributed by atoms with van der Waals surface area (Å²) < 4.78 is 0. The van der Waals surface area contributed by atoms with Crippen LogP contribution in [0.2, 0.25) is 0 Å². The van der Waals surface area contributed by atoms with Gasteiger partial charge in [0, 0.05) is 5.92 Å². The SMILES string of the molecule is CC(CCN)C(=O)N1CCCO1. The van der Waals surface area contributed by atoms with Gasteiger partial charge in [-0.25, -0.2) is 5.06 Å². The third-order valence-electron chi connectivity index (χ3n) is 2.02. The van der Waals surface area contributed by atoms with Crippen LogP contribution in [-0.2, 0) is 9.63 Å². The number of nitrogens with two attached hydrogens (primary N) is 1. The largest absolute Gasteiger partial charge is 0.330 e. The normalized spacial score (nSPS) is 19.7. The first-order chi connectivity index (χ1) is 5.75. The van der Waals surface area contributed by atoms with Crippen LogP contribution < -0.4 is 5.73 Å². The van der Waals surface area contributed by atoms with Crippen molar-refractivity contribution in [2.75, 3.05) is 19.7 Å². The third-order valence-corrected chi connectivity index (χ3v) is 2.02. The molecule has 1 atom stereocenters. The van der Waals surface area contributed by atoms with Crippen LogP contribution >= 0.6 is 0 Å². The smallest absolute Gasteiger partial charge is 0.248 e. The van der Waals surface area contributed by atoms with Gasteiger partial charge in [0.2, 0.25) is 5.91 Å². The number of hydrogen-bond acceptors (Lipinski definition) is 3. The predicted octanol–water partition coefficient (Wildman–Crippen LogP) is 0.135. The van der Waals surface area contributed by atoms with E-state index in [0.717, 1.165) is 19.4 Å². The monoisotopic (exact) mass is 172 g/mol. The van der Waals surface area contributed by atoms with E-state index in [1.54, 1.807) is 0 Å². The molecule has 1 heterocycles. The Balaban J connectivity index is 2.34. The molecule has 0 aromatic carbocycles. The summed E-state index contributed by atoms with van der Waals surface area (Å²) in [5.74, 6) is 0.0612. The first-order valence-electron chi connectivity index (χ1n) is 4.40. The van der Waals surface area contributed by atoms with Crippen molar-refractivity contribution >= 4 is 5.91 Å².